The van der Waals surface area contributed by atoms with Crippen molar-refractivity contribution < 1.29 is 23.7 Å². The van der Waals surface area contributed by atoms with E-state index in [2.05, 4.69) is 65.9 Å². The summed E-state index contributed by atoms with van der Waals surface area (Å²) in [6.07, 6.45) is 6.06. The molecule has 0 bridgehead atoms. The van der Waals surface area contributed by atoms with E-state index in [1.54, 1.807) is 0 Å². The zero-order valence-electron chi connectivity index (χ0n) is 24.2. The van der Waals surface area contributed by atoms with Gasteiger partial charge >= 0.3 is 0 Å². The second-order valence-electron chi connectivity index (χ2n) is 10.6. The van der Waals surface area contributed by atoms with E-state index in [-0.39, 0.29) is 22.2 Å². The third-order valence-corrected chi connectivity index (χ3v) is 8.61. The monoisotopic (exact) mass is 672 g/mol. The quantitative estimate of drug-likeness (QED) is 0.0774. The van der Waals surface area contributed by atoms with Crippen LogP contribution in [0.1, 0.15) is 62.1 Å². The van der Waals surface area contributed by atoms with E-state index in [0.29, 0.717) is 33.0 Å². The maximum Gasteiger partial charge on any atom is 0.172 e. The highest BCUT2D eigenvalue weighted by atomic mass is 127. The van der Waals surface area contributed by atoms with Crippen LogP contribution in [0.15, 0.2) is 91.0 Å². The van der Waals surface area contributed by atoms with Gasteiger partial charge in [0, 0.05) is 6.61 Å². The summed E-state index contributed by atoms with van der Waals surface area (Å²) in [7, 11) is 0. The Kier molecular flexibility index (Phi) is 14.6. The van der Waals surface area contributed by atoms with Crippen molar-refractivity contribution in [1.29, 1.82) is 0 Å². The molecule has 0 aliphatic carbocycles. The first-order valence-corrected chi connectivity index (χ1v) is 16.3. The SMILES string of the molecule is CCCCCCCCO[C@H]1O[C@H](COCc2ccccc2)[C@@H](OCc2ccccc2)[C@H](OCc2ccccc2)[C@H]1I. The zero-order chi connectivity index (χ0) is 28.5. The van der Waals surface area contributed by atoms with Gasteiger partial charge in [0.15, 0.2) is 6.29 Å². The Morgan fingerprint density at radius 3 is 1.71 bits per heavy atom. The van der Waals surface area contributed by atoms with E-state index >= 15 is 0 Å². The molecule has 4 rings (SSSR count). The first kappa shape index (κ1) is 32.1. The van der Waals surface area contributed by atoms with Crippen molar-refractivity contribution >= 4 is 22.6 Å². The van der Waals surface area contributed by atoms with Crippen LogP contribution in [-0.2, 0) is 43.5 Å². The van der Waals surface area contributed by atoms with Crippen LogP contribution in [-0.4, -0.2) is 41.7 Å². The number of halogens is 1. The average molecular weight is 673 g/mol. The predicted octanol–water partition coefficient (Wildman–Crippen LogP) is 8.28. The van der Waals surface area contributed by atoms with Crippen LogP contribution in [0.3, 0.4) is 0 Å². The van der Waals surface area contributed by atoms with E-state index in [1.807, 2.05) is 54.6 Å². The van der Waals surface area contributed by atoms with Gasteiger partial charge < -0.3 is 23.7 Å². The van der Waals surface area contributed by atoms with Gasteiger partial charge in [-0.15, -0.1) is 0 Å². The molecule has 0 radical (unpaired) electrons. The highest BCUT2D eigenvalue weighted by Crippen LogP contribution is 2.33. The van der Waals surface area contributed by atoms with Crippen LogP contribution >= 0.6 is 22.6 Å². The first-order valence-electron chi connectivity index (χ1n) is 15.1. The van der Waals surface area contributed by atoms with Gasteiger partial charge in [0.2, 0.25) is 0 Å². The Morgan fingerprint density at radius 2 is 1.12 bits per heavy atom. The van der Waals surface area contributed by atoms with Crippen molar-refractivity contribution in [3.05, 3.63) is 108 Å². The van der Waals surface area contributed by atoms with E-state index in [9.17, 15) is 0 Å². The standard InChI is InChI=1S/C35H45IO5/c1-2-3-4-5-6-16-23-38-35-32(36)34(40-26-30-21-14-9-15-22-30)33(39-25-29-19-12-8-13-20-29)31(41-35)27-37-24-28-17-10-7-11-18-28/h7-15,17-22,31-35H,2-6,16,23-27H2,1H3/t31-,32-,33-,34-,35+/m1/s1. The molecule has 0 unspecified atom stereocenters. The summed E-state index contributed by atoms with van der Waals surface area (Å²) in [6.45, 7) is 4.80. The van der Waals surface area contributed by atoms with Crippen LogP contribution in [0.4, 0.5) is 0 Å². The molecule has 0 amide bonds. The molecule has 1 heterocycles. The van der Waals surface area contributed by atoms with Crippen molar-refractivity contribution in [3.63, 3.8) is 0 Å². The molecule has 0 saturated carbocycles. The van der Waals surface area contributed by atoms with Gasteiger partial charge in [-0.2, -0.15) is 0 Å². The minimum atomic E-state index is -0.395. The molecule has 222 valence electrons. The third-order valence-electron chi connectivity index (χ3n) is 7.32. The molecule has 41 heavy (non-hydrogen) atoms. The Bertz CT molecular complexity index is 1070. The summed E-state index contributed by atoms with van der Waals surface area (Å²) in [4.78, 5) is 0. The number of ether oxygens (including phenoxy) is 5. The lowest BCUT2D eigenvalue weighted by atomic mass is 10.0. The molecule has 1 saturated heterocycles. The fourth-order valence-electron chi connectivity index (χ4n) is 5.01. The molecule has 6 heteroatoms. The smallest absolute Gasteiger partial charge is 0.172 e. The molecular weight excluding hydrogens is 627 g/mol. The molecule has 1 fully saturated rings. The summed E-state index contributed by atoms with van der Waals surface area (Å²) in [5, 5.41) is 0. The predicted molar refractivity (Wildman–Crippen MR) is 172 cm³/mol. The molecule has 0 spiro atoms. The number of alkyl halides is 1. The van der Waals surface area contributed by atoms with Crippen molar-refractivity contribution in [2.45, 2.75) is 93.8 Å². The third kappa shape index (κ3) is 11.1. The van der Waals surface area contributed by atoms with E-state index < -0.39 is 6.29 Å². The van der Waals surface area contributed by atoms with Gasteiger partial charge in [-0.1, -0.05) is 153 Å². The van der Waals surface area contributed by atoms with Gasteiger partial charge in [-0.3, -0.25) is 0 Å². The number of rotatable bonds is 18. The minimum absolute atomic E-state index is 0.0393. The molecule has 1 aliphatic rings. The lowest BCUT2D eigenvalue weighted by molar-refractivity contribution is -0.271. The van der Waals surface area contributed by atoms with Crippen LogP contribution in [0, 0.1) is 0 Å². The first-order chi connectivity index (χ1) is 20.2. The van der Waals surface area contributed by atoms with Crippen LogP contribution < -0.4 is 0 Å². The van der Waals surface area contributed by atoms with Gasteiger partial charge in [-0.25, -0.2) is 0 Å². The van der Waals surface area contributed by atoms with Crippen molar-refractivity contribution in [2.75, 3.05) is 13.2 Å². The Labute approximate surface area is 260 Å². The van der Waals surface area contributed by atoms with Crippen LogP contribution in [0.5, 0.6) is 0 Å². The second kappa shape index (κ2) is 18.7. The van der Waals surface area contributed by atoms with Gasteiger partial charge in [-0.05, 0) is 23.1 Å². The Hall–Kier alpha value is -1.81. The molecule has 5 nitrogen and oxygen atoms in total. The molecule has 0 aromatic heterocycles. The van der Waals surface area contributed by atoms with Crippen LogP contribution in [0.2, 0.25) is 0 Å². The maximum atomic E-state index is 6.63. The maximum absolute atomic E-state index is 6.63. The zero-order valence-corrected chi connectivity index (χ0v) is 26.4. The van der Waals surface area contributed by atoms with E-state index in [1.165, 1.54) is 32.1 Å². The molecule has 5 atom stereocenters. The van der Waals surface area contributed by atoms with E-state index in [4.69, 9.17) is 23.7 Å². The molecular formula is C35H45IO5. The Balaban J connectivity index is 1.45. The minimum Gasteiger partial charge on any atom is -0.374 e. The molecule has 3 aromatic rings. The summed E-state index contributed by atoms with van der Waals surface area (Å²) < 4.78 is 32.4. The highest BCUT2D eigenvalue weighted by molar-refractivity contribution is 14.1. The van der Waals surface area contributed by atoms with Gasteiger partial charge in [0.05, 0.1) is 30.4 Å². The fraction of sp³-hybridized carbons (Fsp3) is 0.486. The summed E-state index contributed by atoms with van der Waals surface area (Å²) >= 11 is 2.43. The normalized spacial score (nSPS) is 22.5. The fourth-order valence-corrected chi connectivity index (χ4v) is 6.00. The number of benzene rings is 3. The van der Waals surface area contributed by atoms with Crippen molar-refractivity contribution in [2.24, 2.45) is 0 Å². The van der Waals surface area contributed by atoms with Gasteiger partial charge in [0.25, 0.3) is 0 Å². The molecule has 0 N–H and O–H groups in total. The Morgan fingerprint density at radius 1 is 0.610 bits per heavy atom. The van der Waals surface area contributed by atoms with Gasteiger partial charge in [0.1, 0.15) is 18.3 Å². The van der Waals surface area contributed by atoms with Crippen LogP contribution in [0.25, 0.3) is 0 Å². The highest BCUT2D eigenvalue weighted by Gasteiger charge is 2.47. The summed E-state index contributed by atoms with van der Waals surface area (Å²) in [5.41, 5.74) is 3.38. The lowest BCUT2D eigenvalue weighted by Crippen LogP contribution is -2.59. The largest absolute Gasteiger partial charge is 0.374 e. The van der Waals surface area contributed by atoms with E-state index in [0.717, 1.165) is 23.1 Å². The molecule has 3 aromatic carbocycles. The summed E-state index contributed by atoms with van der Waals surface area (Å²) in [5.74, 6) is 0. The number of hydrogen-bond acceptors (Lipinski definition) is 5. The molecule has 1 aliphatic heterocycles. The topological polar surface area (TPSA) is 46.2 Å². The summed E-state index contributed by atoms with van der Waals surface area (Å²) in [6, 6.07) is 30.8. The second-order valence-corrected chi connectivity index (χ2v) is 12.1. The lowest BCUT2D eigenvalue weighted by Gasteiger charge is -2.44. The van der Waals surface area contributed by atoms with Crippen molar-refractivity contribution in [1.82, 2.24) is 0 Å². The average Bonchev–Trinajstić information content (AvgIpc) is 3.02. The van der Waals surface area contributed by atoms with Crippen molar-refractivity contribution in [3.8, 4) is 0 Å². The number of hydrogen-bond donors (Lipinski definition) is 0. The number of unbranched alkanes of at least 4 members (excludes halogenated alkanes) is 5.